The van der Waals surface area contributed by atoms with Crippen LogP contribution in [0.5, 0.6) is 0 Å². The molecule has 4 bridgehead atoms. The van der Waals surface area contributed by atoms with E-state index in [2.05, 4.69) is 43.1 Å². The lowest BCUT2D eigenvalue weighted by Gasteiger charge is -2.66. The van der Waals surface area contributed by atoms with Crippen molar-refractivity contribution in [2.45, 2.75) is 76.0 Å². The van der Waals surface area contributed by atoms with E-state index in [-0.39, 0.29) is 12.4 Å². The second-order valence-corrected chi connectivity index (χ2v) is 8.87. The molecule has 2 heterocycles. The Morgan fingerprint density at radius 2 is 1.96 bits per heavy atom. The van der Waals surface area contributed by atoms with Crippen LogP contribution in [-0.4, -0.2) is 34.7 Å². The van der Waals surface area contributed by atoms with E-state index in [9.17, 15) is 5.11 Å². The van der Waals surface area contributed by atoms with Crippen molar-refractivity contribution >= 4 is 12.4 Å². The van der Waals surface area contributed by atoms with Gasteiger partial charge in [0.1, 0.15) is 0 Å². The fourth-order valence-corrected chi connectivity index (χ4v) is 6.44. The van der Waals surface area contributed by atoms with Crippen LogP contribution in [0.2, 0.25) is 0 Å². The van der Waals surface area contributed by atoms with Gasteiger partial charge < -0.3 is 5.11 Å². The zero-order valence-corrected chi connectivity index (χ0v) is 16.3. The normalized spacial score (nSPS) is 37.7. The van der Waals surface area contributed by atoms with Crippen molar-refractivity contribution < 1.29 is 5.11 Å². The van der Waals surface area contributed by atoms with Crippen molar-refractivity contribution in [3.8, 4) is 0 Å². The van der Waals surface area contributed by atoms with Gasteiger partial charge in [0.25, 0.3) is 0 Å². The van der Waals surface area contributed by atoms with E-state index >= 15 is 0 Å². The number of halogens is 1. The molecular formula is C21H32ClNO. The fourth-order valence-electron chi connectivity index (χ4n) is 6.44. The van der Waals surface area contributed by atoms with E-state index in [1.165, 1.54) is 32.1 Å². The maximum absolute atomic E-state index is 10.7. The number of hydrogen-bond acceptors (Lipinski definition) is 2. The van der Waals surface area contributed by atoms with Gasteiger partial charge in [-0.25, -0.2) is 0 Å². The number of fused-ring (bicyclic) bond motifs is 2. The molecule has 1 N–H and O–H groups in total. The fraction of sp³-hybridized carbons (Fsp3) is 0.714. The Kier molecular flexibility index (Phi) is 4.56. The molecule has 1 aromatic carbocycles. The molecule has 2 aliphatic carbocycles. The second-order valence-electron chi connectivity index (χ2n) is 8.87. The van der Waals surface area contributed by atoms with Gasteiger partial charge in [0.05, 0.1) is 5.60 Å². The van der Waals surface area contributed by atoms with Crippen molar-refractivity contribution in [3.05, 3.63) is 35.4 Å². The Bertz CT molecular complexity index is 610. The summed E-state index contributed by atoms with van der Waals surface area (Å²) in [6.45, 7) is 6.37. The molecule has 3 heteroatoms. The number of aliphatic hydroxyl groups is 1. The van der Waals surface area contributed by atoms with Gasteiger partial charge in [0, 0.05) is 23.4 Å². The van der Waals surface area contributed by atoms with Crippen LogP contribution in [0.4, 0.5) is 0 Å². The summed E-state index contributed by atoms with van der Waals surface area (Å²) in [5.41, 5.74) is 3.00. The van der Waals surface area contributed by atoms with Crippen LogP contribution in [-0.2, 0) is 11.8 Å². The molecule has 0 radical (unpaired) electrons. The molecule has 0 amide bonds. The average molecular weight is 350 g/mol. The molecule has 0 spiro atoms. The highest BCUT2D eigenvalue weighted by Crippen LogP contribution is 2.61. The molecule has 3 fully saturated rings. The largest absolute Gasteiger partial charge is 0.390 e. The average Bonchev–Trinajstić information content (AvgIpc) is 2.50. The van der Waals surface area contributed by atoms with Crippen molar-refractivity contribution in [1.82, 2.24) is 4.90 Å². The predicted octanol–water partition coefficient (Wildman–Crippen LogP) is 4.18. The summed E-state index contributed by atoms with van der Waals surface area (Å²) in [5.74, 6) is 1.10. The summed E-state index contributed by atoms with van der Waals surface area (Å²) in [4.78, 5) is 2.63. The quantitative estimate of drug-likeness (QED) is 0.884. The van der Waals surface area contributed by atoms with E-state index in [0.29, 0.717) is 29.3 Å². The van der Waals surface area contributed by atoms with E-state index in [0.717, 1.165) is 0 Å². The molecule has 0 aromatic heterocycles. The molecular weight excluding hydrogens is 318 g/mol. The van der Waals surface area contributed by atoms with Gasteiger partial charge >= 0.3 is 0 Å². The topological polar surface area (TPSA) is 23.5 Å². The third-order valence-corrected chi connectivity index (χ3v) is 7.35. The molecule has 2 nitrogen and oxygen atoms in total. The monoisotopic (exact) mass is 349 g/mol. The van der Waals surface area contributed by atoms with Crippen molar-refractivity contribution in [3.63, 3.8) is 0 Å². The van der Waals surface area contributed by atoms with E-state index in [1.807, 2.05) is 13.8 Å². The Balaban J connectivity index is 0.00000169. The standard InChI is InChI=1S/C21H31NO.ClH/c1-5-10-21-13-19-16(20(2,3)23)12-17(21)18(22(19)4)11-14-8-6-7-9-15(14)21;/h6-9,16-19,23H,5,10-13H2,1-4H3;1H/t16?,17?,18?,19?,21-;/m1./s1. The van der Waals surface area contributed by atoms with Crippen molar-refractivity contribution in [2.75, 3.05) is 7.05 Å². The molecule has 4 unspecified atom stereocenters. The summed E-state index contributed by atoms with van der Waals surface area (Å²) in [6, 6.07) is 10.4. The Morgan fingerprint density at radius 1 is 1.25 bits per heavy atom. The van der Waals surface area contributed by atoms with Crippen LogP contribution in [0.1, 0.15) is 57.6 Å². The number of rotatable bonds is 3. The smallest absolute Gasteiger partial charge is 0.0634 e. The van der Waals surface area contributed by atoms with Gasteiger partial charge in [-0.05, 0) is 63.6 Å². The van der Waals surface area contributed by atoms with Gasteiger partial charge in [-0.15, -0.1) is 12.4 Å². The highest BCUT2D eigenvalue weighted by molar-refractivity contribution is 5.85. The van der Waals surface area contributed by atoms with Crippen LogP contribution >= 0.6 is 12.4 Å². The second kappa shape index (κ2) is 6.00. The third kappa shape index (κ3) is 2.37. The summed E-state index contributed by atoms with van der Waals surface area (Å²) >= 11 is 0. The molecule has 2 aliphatic heterocycles. The van der Waals surface area contributed by atoms with Crippen molar-refractivity contribution in [2.24, 2.45) is 11.8 Å². The number of hydrogen-bond donors (Lipinski definition) is 1. The SMILES string of the molecule is CCC[C@]12CC3C(C(C)(C)O)CC1C(Cc1ccccc12)N3C.Cl. The maximum atomic E-state index is 10.7. The van der Waals surface area contributed by atoms with Crippen LogP contribution in [0.3, 0.4) is 0 Å². The van der Waals surface area contributed by atoms with Gasteiger partial charge in [0.2, 0.25) is 0 Å². The molecule has 2 saturated heterocycles. The van der Waals surface area contributed by atoms with E-state index in [4.69, 9.17) is 0 Å². The predicted molar refractivity (Wildman–Crippen MR) is 102 cm³/mol. The molecule has 24 heavy (non-hydrogen) atoms. The van der Waals surface area contributed by atoms with Gasteiger partial charge in [-0.3, -0.25) is 4.90 Å². The van der Waals surface area contributed by atoms with Crippen molar-refractivity contribution in [1.29, 1.82) is 0 Å². The summed E-state index contributed by atoms with van der Waals surface area (Å²) in [7, 11) is 2.31. The lowest BCUT2D eigenvalue weighted by molar-refractivity contribution is -0.149. The number of benzene rings is 1. The summed E-state index contributed by atoms with van der Waals surface area (Å²) in [6.07, 6.45) is 6.16. The minimum atomic E-state index is -0.570. The molecule has 4 aliphatic rings. The molecule has 1 saturated carbocycles. The Hall–Kier alpha value is -0.570. The van der Waals surface area contributed by atoms with Crippen LogP contribution < -0.4 is 0 Å². The first kappa shape index (κ1) is 18.2. The van der Waals surface area contributed by atoms with Crippen LogP contribution in [0.15, 0.2) is 24.3 Å². The summed E-state index contributed by atoms with van der Waals surface area (Å²) < 4.78 is 0. The molecule has 134 valence electrons. The minimum absolute atomic E-state index is 0. The first-order valence-electron chi connectivity index (χ1n) is 9.41. The zero-order valence-electron chi connectivity index (χ0n) is 15.5. The third-order valence-electron chi connectivity index (χ3n) is 7.35. The lowest BCUT2D eigenvalue weighted by atomic mass is 9.46. The molecule has 5 atom stereocenters. The Labute approximate surface area is 153 Å². The van der Waals surface area contributed by atoms with Gasteiger partial charge in [-0.1, -0.05) is 37.6 Å². The first-order chi connectivity index (χ1) is 10.9. The Morgan fingerprint density at radius 3 is 2.62 bits per heavy atom. The van der Waals surface area contributed by atoms with E-state index < -0.39 is 5.60 Å². The van der Waals surface area contributed by atoms with E-state index in [1.54, 1.807) is 11.1 Å². The first-order valence-corrected chi connectivity index (χ1v) is 9.41. The molecule has 5 rings (SSSR count). The number of likely N-dealkylation sites (N-methyl/N-ethyl adjacent to an activating group) is 1. The summed E-state index contributed by atoms with van der Waals surface area (Å²) in [5, 5.41) is 10.7. The number of nitrogens with zero attached hydrogens (tertiary/aromatic N) is 1. The zero-order chi connectivity index (χ0) is 16.4. The highest BCUT2D eigenvalue weighted by atomic mass is 35.5. The lowest BCUT2D eigenvalue weighted by Crippen LogP contribution is -2.70. The highest BCUT2D eigenvalue weighted by Gasteiger charge is 2.61. The molecule has 1 aromatic rings. The van der Waals surface area contributed by atoms with Gasteiger partial charge in [0.15, 0.2) is 0 Å². The van der Waals surface area contributed by atoms with Crippen LogP contribution in [0.25, 0.3) is 0 Å². The number of piperidine rings is 2. The maximum Gasteiger partial charge on any atom is 0.0634 e. The van der Waals surface area contributed by atoms with Crippen LogP contribution in [0, 0.1) is 11.8 Å². The van der Waals surface area contributed by atoms with Gasteiger partial charge in [-0.2, -0.15) is 0 Å². The minimum Gasteiger partial charge on any atom is -0.390 e.